The molecule has 1 aliphatic rings. The molecule has 11 nitrogen and oxygen atoms in total. The normalized spacial score (nSPS) is 13.8. The number of benzene rings is 2. The molecule has 0 saturated carbocycles. The Hall–Kier alpha value is -5.54. The number of methoxy groups -OCH3 is 1. The van der Waals surface area contributed by atoms with Gasteiger partial charge in [0.15, 0.2) is 5.78 Å². The molecule has 1 saturated heterocycles. The van der Waals surface area contributed by atoms with Gasteiger partial charge < -0.3 is 24.7 Å². The van der Waals surface area contributed by atoms with Gasteiger partial charge in [0, 0.05) is 65.2 Å². The molecule has 5 rings (SSSR count). The van der Waals surface area contributed by atoms with Crippen LogP contribution in [0.2, 0.25) is 0 Å². The molecule has 3 heterocycles. The van der Waals surface area contributed by atoms with E-state index in [1.54, 1.807) is 49.8 Å². The fourth-order valence-corrected chi connectivity index (χ4v) is 5.12. The number of piperidine rings is 1. The first kappa shape index (κ1) is 29.9. The number of aromatic amines is 1. The van der Waals surface area contributed by atoms with Crippen molar-refractivity contribution in [1.82, 2.24) is 15.3 Å². The average molecular weight is 592 g/mol. The van der Waals surface area contributed by atoms with Crippen LogP contribution in [-0.4, -0.2) is 61.1 Å². The summed E-state index contributed by atoms with van der Waals surface area (Å²) in [5, 5.41) is 7.32. The highest BCUT2D eigenvalue weighted by molar-refractivity contribution is 6.11. The third-order valence-corrected chi connectivity index (χ3v) is 7.32. The summed E-state index contributed by atoms with van der Waals surface area (Å²) in [6.45, 7) is 5.79. The van der Waals surface area contributed by atoms with Crippen molar-refractivity contribution in [2.45, 2.75) is 18.9 Å². The predicted molar refractivity (Wildman–Crippen MR) is 170 cm³/mol. The number of nitrogens with zero attached hydrogens (tertiary/aromatic N) is 5. The van der Waals surface area contributed by atoms with E-state index < -0.39 is 6.04 Å². The van der Waals surface area contributed by atoms with Crippen molar-refractivity contribution in [2.24, 2.45) is 5.11 Å². The lowest BCUT2D eigenvalue weighted by atomic mass is 10.00. The number of carbonyl (C=O) groups is 2. The second-order valence-electron chi connectivity index (χ2n) is 10.4. The quantitative estimate of drug-likeness (QED) is 0.0528. The molecule has 2 N–H and O–H groups in total. The van der Waals surface area contributed by atoms with Gasteiger partial charge in [-0.1, -0.05) is 29.4 Å². The minimum absolute atomic E-state index is 0.0153. The monoisotopic (exact) mass is 591 g/mol. The third kappa shape index (κ3) is 7.26. The number of H-pyrrole nitrogens is 1. The summed E-state index contributed by atoms with van der Waals surface area (Å²) in [6, 6.07) is 15.6. The van der Waals surface area contributed by atoms with Crippen molar-refractivity contribution >= 4 is 34.5 Å². The number of nitrogens with one attached hydrogen (secondary N) is 2. The second kappa shape index (κ2) is 14.1. The Labute approximate surface area is 254 Å². The number of rotatable bonds is 12. The lowest BCUT2D eigenvalue weighted by Gasteiger charge is -2.30. The summed E-state index contributed by atoms with van der Waals surface area (Å²) in [5.41, 5.74) is 13.4. The summed E-state index contributed by atoms with van der Waals surface area (Å²) in [6.07, 6.45) is 8.58. The maximum atomic E-state index is 13.7. The minimum Gasteiger partial charge on any atom is -0.496 e. The van der Waals surface area contributed by atoms with Gasteiger partial charge in [-0.2, -0.15) is 0 Å². The smallest absolute Gasteiger partial charge is 0.244 e. The van der Waals surface area contributed by atoms with E-state index in [0.717, 1.165) is 48.2 Å². The minimum atomic E-state index is -0.608. The summed E-state index contributed by atoms with van der Waals surface area (Å²) in [4.78, 5) is 38.7. The van der Waals surface area contributed by atoms with Crippen LogP contribution in [0.3, 0.4) is 0 Å². The second-order valence-corrected chi connectivity index (χ2v) is 10.4. The van der Waals surface area contributed by atoms with Gasteiger partial charge in [-0.05, 0) is 66.9 Å². The summed E-state index contributed by atoms with van der Waals surface area (Å²) < 4.78 is 11.5. The molecule has 0 spiro atoms. The Kier molecular flexibility index (Phi) is 9.58. The van der Waals surface area contributed by atoms with Crippen LogP contribution in [0.5, 0.6) is 11.5 Å². The number of carbonyl (C=O) groups excluding carboxylic acids is 2. The molecule has 1 fully saturated rings. The Morgan fingerprint density at radius 3 is 2.95 bits per heavy atom. The Balaban J connectivity index is 1.26. The van der Waals surface area contributed by atoms with Crippen molar-refractivity contribution in [3.05, 3.63) is 112 Å². The maximum absolute atomic E-state index is 13.7. The molecule has 44 heavy (non-hydrogen) atoms. The van der Waals surface area contributed by atoms with E-state index in [2.05, 4.69) is 36.8 Å². The van der Waals surface area contributed by atoms with Crippen molar-refractivity contribution in [3.8, 4) is 11.5 Å². The van der Waals surface area contributed by atoms with E-state index in [1.165, 1.54) is 11.6 Å². The molecule has 1 atom stereocenters. The van der Waals surface area contributed by atoms with E-state index in [-0.39, 0.29) is 24.8 Å². The highest BCUT2D eigenvalue weighted by atomic mass is 16.5. The molecule has 11 heteroatoms. The zero-order chi connectivity index (χ0) is 30.9. The SMILES string of the molecule is C=C1CCCN(c2ccc(OC)c(C(=O)c3cccc(OC[C@@H](CN=[N+]=[N-])NC(=O)/C=C/c4c[nH]c5ncccc45)c3)c2)C1. The van der Waals surface area contributed by atoms with Gasteiger partial charge in [-0.15, -0.1) is 0 Å². The Bertz CT molecular complexity index is 1760. The maximum Gasteiger partial charge on any atom is 0.244 e. The van der Waals surface area contributed by atoms with Gasteiger partial charge in [0.05, 0.1) is 18.7 Å². The molecule has 0 bridgehead atoms. The number of azide groups is 1. The summed E-state index contributed by atoms with van der Waals surface area (Å²) in [5.74, 6) is 0.329. The van der Waals surface area contributed by atoms with Crippen molar-refractivity contribution in [2.75, 3.05) is 38.3 Å². The van der Waals surface area contributed by atoms with E-state index in [9.17, 15) is 9.59 Å². The molecule has 2 aromatic carbocycles. The van der Waals surface area contributed by atoms with Crippen molar-refractivity contribution in [1.29, 1.82) is 0 Å². The molecule has 0 radical (unpaired) electrons. The molecule has 1 amide bonds. The number of hydrogen-bond donors (Lipinski definition) is 2. The summed E-state index contributed by atoms with van der Waals surface area (Å²) >= 11 is 0. The van der Waals surface area contributed by atoms with Crippen molar-refractivity contribution < 1.29 is 19.1 Å². The fraction of sp³-hybridized carbons (Fsp3) is 0.242. The van der Waals surface area contributed by atoms with Gasteiger partial charge >= 0.3 is 0 Å². The number of fused-ring (bicyclic) bond motifs is 1. The van der Waals surface area contributed by atoms with Crippen LogP contribution in [-0.2, 0) is 4.79 Å². The first-order chi connectivity index (χ1) is 21.4. The van der Waals surface area contributed by atoms with E-state index >= 15 is 0 Å². The number of ether oxygens (including phenoxy) is 2. The fourth-order valence-electron chi connectivity index (χ4n) is 5.12. The molecule has 2 aromatic heterocycles. The lowest BCUT2D eigenvalue weighted by molar-refractivity contribution is -0.117. The predicted octanol–water partition coefficient (Wildman–Crippen LogP) is 5.85. The molecule has 0 unspecified atom stereocenters. The Morgan fingerprint density at radius 1 is 1.25 bits per heavy atom. The Morgan fingerprint density at radius 2 is 2.14 bits per heavy atom. The number of anilines is 1. The van der Waals surface area contributed by atoms with Crippen molar-refractivity contribution in [3.63, 3.8) is 0 Å². The number of aromatic nitrogens is 2. The van der Waals surface area contributed by atoms with Gasteiger partial charge in [0.2, 0.25) is 5.91 Å². The number of hydrogen-bond acceptors (Lipinski definition) is 7. The van der Waals surface area contributed by atoms with Crippen LogP contribution in [0.15, 0.2) is 90.3 Å². The van der Waals surface area contributed by atoms with Crippen LogP contribution >= 0.6 is 0 Å². The standard InChI is InChI=1S/C33H33N7O4/c1-22-6-5-15-40(20-22)26-11-12-30(43-2)29(17-26)32(42)23-7-3-8-27(16-23)44-21-25(19-37-39-34)38-31(41)13-10-24-18-36-33-28(24)9-4-14-35-33/h3-4,7-14,16-18,25H,1,5-6,15,19-21H2,2H3,(H,35,36)(H,38,41)/b13-10+/t25-/m1/s1. The molecular formula is C33H33N7O4. The van der Waals surface area contributed by atoms with Crippen LogP contribution in [0.1, 0.15) is 34.3 Å². The molecular weight excluding hydrogens is 558 g/mol. The highest BCUT2D eigenvalue weighted by Gasteiger charge is 2.20. The van der Waals surface area contributed by atoms with Crippen LogP contribution in [0.25, 0.3) is 27.6 Å². The highest BCUT2D eigenvalue weighted by Crippen LogP contribution is 2.30. The van der Waals surface area contributed by atoms with E-state index in [0.29, 0.717) is 22.6 Å². The first-order valence-corrected chi connectivity index (χ1v) is 14.2. The zero-order valence-corrected chi connectivity index (χ0v) is 24.4. The van der Waals surface area contributed by atoms with Gasteiger partial charge in [0.25, 0.3) is 0 Å². The zero-order valence-electron chi connectivity index (χ0n) is 24.4. The largest absolute Gasteiger partial charge is 0.496 e. The van der Waals surface area contributed by atoms with Crippen LogP contribution in [0, 0.1) is 0 Å². The molecule has 224 valence electrons. The number of pyridine rings is 1. The average Bonchev–Trinajstić information content (AvgIpc) is 3.47. The lowest BCUT2D eigenvalue weighted by Crippen LogP contribution is -2.40. The van der Waals surface area contributed by atoms with Crippen LogP contribution < -0.4 is 19.7 Å². The summed E-state index contributed by atoms with van der Waals surface area (Å²) in [7, 11) is 1.54. The van der Waals surface area contributed by atoms with E-state index in [1.807, 2.05) is 30.3 Å². The van der Waals surface area contributed by atoms with Gasteiger partial charge in [-0.25, -0.2) is 4.98 Å². The van der Waals surface area contributed by atoms with Gasteiger partial charge in [-0.3, -0.25) is 9.59 Å². The molecule has 4 aromatic rings. The van der Waals surface area contributed by atoms with Gasteiger partial charge in [0.1, 0.15) is 23.8 Å². The number of amides is 1. The van der Waals surface area contributed by atoms with E-state index in [4.69, 9.17) is 15.0 Å². The topological polar surface area (TPSA) is 145 Å². The third-order valence-electron chi connectivity index (χ3n) is 7.32. The number of ketones is 1. The molecule has 0 aliphatic carbocycles. The molecule has 1 aliphatic heterocycles. The first-order valence-electron chi connectivity index (χ1n) is 14.2. The van der Waals surface area contributed by atoms with Crippen LogP contribution in [0.4, 0.5) is 5.69 Å².